The standard InChI is InChI=1S/C17H29N3O/c1-2-14-3-4-15(12-18)17(11-14)20-6-5-16(13-20)19-7-9-21-10-8-19/h14-17H,2-11,13H2,1H3. The highest BCUT2D eigenvalue weighted by Crippen LogP contribution is 2.35. The lowest BCUT2D eigenvalue weighted by Gasteiger charge is -2.39. The van der Waals surface area contributed by atoms with Gasteiger partial charge in [0, 0.05) is 38.3 Å². The first-order valence-corrected chi connectivity index (χ1v) is 8.77. The minimum Gasteiger partial charge on any atom is -0.379 e. The van der Waals surface area contributed by atoms with Crippen LogP contribution in [0.2, 0.25) is 0 Å². The number of hydrogen-bond donors (Lipinski definition) is 0. The number of nitriles is 1. The fourth-order valence-corrected chi connectivity index (χ4v) is 4.47. The monoisotopic (exact) mass is 291 g/mol. The molecule has 4 nitrogen and oxygen atoms in total. The molecule has 2 aliphatic heterocycles. The SMILES string of the molecule is CCC1CCC(C#N)C(N2CCC(N3CCOCC3)C2)C1. The summed E-state index contributed by atoms with van der Waals surface area (Å²) in [7, 11) is 0. The quantitative estimate of drug-likeness (QED) is 0.798. The summed E-state index contributed by atoms with van der Waals surface area (Å²) in [5.41, 5.74) is 0. The Hall–Kier alpha value is -0.630. The Labute approximate surface area is 129 Å². The minimum atomic E-state index is 0.260. The summed E-state index contributed by atoms with van der Waals surface area (Å²) in [6, 6.07) is 3.80. The first-order valence-electron chi connectivity index (χ1n) is 8.77. The predicted octanol–water partition coefficient (Wildman–Crippen LogP) is 2.11. The molecule has 2 saturated heterocycles. The molecule has 1 aliphatic carbocycles. The van der Waals surface area contributed by atoms with Crippen molar-refractivity contribution >= 4 is 0 Å². The van der Waals surface area contributed by atoms with Crippen molar-refractivity contribution in [2.75, 3.05) is 39.4 Å². The van der Waals surface area contributed by atoms with E-state index in [4.69, 9.17) is 4.74 Å². The van der Waals surface area contributed by atoms with Gasteiger partial charge in [0.2, 0.25) is 0 Å². The zero-order chi connectivity index (χ0) is 14.7. The fourth-order valence-electron chi connectivity index (χ4n) is 4.47. The molecule has 4 heteroatoms. The summed E-state index contributed by atoms with van der Waals surface area (Å²) in [4.78, 5) is 5.24. The summed E-state index contributed by atoms with van der Waals surface area (Å²) in [5, 5.41) is 9.49. The number of nitrogens with zero attached hydrogens (tertiary/aromatic N) is 3. The Morgan fingerprint density at radius 3 is 2.62 bits per heavy atom. The molecular weight excluding hydrogens is 262 g/mol. The van der Waals surface area contributed by atoms with Crippen molar-refractivity contribution in [2.45, 2.75) is 51.1 Å². The number of ether oxygens (including phenoxy) is 1. The van der Waals surface area contributed by atoms with E-state index in [-0.39, 0.29) is 5.92 Å². The lowest BCUT2D eigenvalue weighted by atomic mass is 9.77. The molecule has 2 heterocycles. The van der Waals surface area contributed by atoms with E-state index < -0.39 is 0 Å². The summed E-state index contributed by atoms with van der Waals surface area (Å²) in [6.07, 6.45) is 6.15. The van der Waals surface area contributed by atoms with Gasteiger partial charge in [0.05, 0.1) is 25.2 Å². The van der Waals surface area contributed by atoms with Crippen LogP contribution in [0, 0.1) is 23.2 Å². The third kappa shape index (κ3) is 3.41. The van der Waals surface area contributed by atoms with Crippen molar-refractivity contribution in [3.05, 3.63) is 0 Å². The van der Waals surface area contributed by atoms with Crippen molar-refractivity contribution in [3.8, 4) is 6.07 Å². The Morgan fingerprint density at radius 2 is 1.90 bits per heavy atom. The first kappa shape index (κ1) is 15.3. The van der Waals surface area contributed by atoms with Gasteiger partial charge < -0.3 is 4.74 Å². The van der Waals surface area contributed by atoms with Crippen LogP contribution < -0.4 is 0 Å². The van der Waals surface area contributed by atoms with Crippen LogP contribution in [-0.2, 0) is 4.74 Å². The Morgan fingerprint density at radius 1 is 1.10 bits per heavy atom. The van der Waals surface area contributed by atoms with E-state index in [0.717, 1.165) is 38.6 Å². The average Bonchev–Trinajstić information content (AvgIpc) is 3.05. The Bertz CT molecular complexity index is 375. The molecular formula is C17H29N3O. The molecule has 0 radical (unpaired) electrons. The summed E-state index contributed by atoms with van der Waals surface area (Å²) in [6.45, 7) is 8.59. The second-order valence-electron chi connectivity index (χ2n) is 6.98. The maximum Gasteiger partial charge on any atom is 0.0672 e. The molecule has 4 atom stereocenters. The maximum atomic E-state index is 9.49. The van der Waals surface area contributed by atoms with Crippen molar-refractivity contribution in [2.24, 2.45) is 11.8 Å². The molecule has 4 unspecified atom stereocenters. The molecule has 118 valence electrons. The van der Waals surface area contributed by atoms with Gasteiger partial charge in [0.1, 0.15) is 0 Å². The van der Waals surface area contributed by atoms with E-state index in [9.17, 15) is 5.26 Å². The number of morpholine rings is 1. The summed E-state index contributed by atoms with van der Waals surface area (Å²) in [5.74, 6) is 1.10. The first-order chi connectivity index (χ1) is 10.3. The van der Waals surface area contributed by atoms with Gasteiger partial charge in [0.15, 0.2) is 0 Å². The molecule has 0 bridgehead atoms. The molecule has 0 aromatic rings. The molecule has 0 aromatic heterocycles. The lowest BCUT2D eigenvalue weighted by molar-refractivity contribution is 0.0158. The number of hydrogen-bond acceptors (Lipinski definition) is 4. The molecule has 3 fully saturated rings. The van der Waals surface area contributed by atoms with Gasteiger partial charge in [-0.2, -0.15) is 5.26 Å². The van der Waals surface area contributed by atoms with Crippen molar-refractivity contribution < 1.29 is 4.74 Å². The highest BCUT2D eigenvalue weighted by molar-refractivity contribution is 5.00. The van der Waals surface area contributed by atoms with E-state index >= 15 is 0 Å². The highest BCUT2D eigenvalue weighted by atomic mass is 16.5. The molecule has 0 spiro atoms. The third-order valence-corrected chi connectivity index (χ3v) is 5.89. The average molecular weight is 291 g/mol. The molecule has 0 aromatic carbocycles. The van der Waals surface area contributed by atoms with E-state index in [1.54, 1.807) is 0 Å². The Kier molecular flexibility index (Phi) is 5.15. The zero-order valence-corrected chi connectivity index (χ0v) is 13.3. The second kappa shape index (κ2) is 7.09. The van der Waals surface area contributed by atoms with Crippen LogP contribution in [0.1, 0.15) is 39.0 Å². The molecule has 3 rings (SSSR count). The van der Waals surface area contributed by atoms with Gasteiger partial charge >= 0.3 is 0 Å². The van der Waals surface area contributed by atoms with Gasteiger partial charge in [-0.15, -0.1) is 0 Å². The molecule has 0 amide bonds. The van der Waals surface area contributed by atoms with Crippen LogP contribution in [0.3, 0.4) is 0 Å². The zero-order valence-electron chi connectivity index (χ0n) is 13.3. The topological polar surface area (TPSA) is 39.5 Å². The smallest absolute Gasteiger partial charge is 0.0672 e. The third-order valence-electron chi connectivity index (χ3n) is 5.89. The van der Waals surface area contributed by atoms with Gasteiger partial charge in [-0.25, -0.2) is 0 Å². The van der Waals surface area contributed by atoms with Crippen LogP contribution >= 0.6 is 0 Å². The van der Waals surface area contributed by atoms with E-state index in [1.807, 2.05) is 0 Å². The van der Waals surface area contributed by atoms with Gasteiger partial charge in [-0.3, -0.25) is 9.80 Å². The molecule has 0 N–H and O–H groups in total. The van der Waals surface area contributed by atoms with Crippen LogP contribution in [-0.4, -0.2) is 61.3 Å². The Balaban J connectivity index is 1.59. The molecule has 3 aliphatic rings. The molecule has 21 heavy (non-hydrogen) atoms. The van der Waals surface area contributed by atoms with E-state index in [2.05, 4.69) is 22.8 Å². The normalized spacial score (nSPS) is 39.2. The fraction of sp³-hybridized carbons (Fsp3) is 0.941. The number of rotatable bonds is 3. The predicted molar refractivity (Wildman–Crippen MR) is 82.9 cm³/mol. The summed E-state index contributed by atoms with van der Waals surface area (Å²) < 4.78 is 5.47. The lowest BCUT2D eigenvalue weighted by Crippen LogP contribution is -2.47. The van der Waals surface area contributed by atoms with Crippen molar-refractivity contribution in [3.63, 3.8) is 0 Å². The van der Waals surface area contributed by atoms with Crippen LogP contribution in [0.15, 0.2) is 0 Å². The highest BCUT2D eigenvalue weighted by Gasteiger charge is 2.38. The largest absolute Gasteiger partial charge is 0.379 e. The van der Waals surface area contributed by atoms with Crippen LogP contribution in [0.5, 0.6) is 0 Å². The second-order valence-corrected chi connectivity index (χ2v) is 6.98. The van der Waals surface area contributed by atoms with Gasteiger partial charge in [-0.05, 0) is 31.6 Å². The van der Waals surface area contributed by atoms with Crippen LogP contribution in [0.4, 0.5) is 0 Å². The van der Waals surface area contributed by atoms with Crippen molar-refractivity contribution in [1.82, 2.24) is 9.80 Å². The molecule has 1 saturated carbocycles. The van der Waals surface area contributed by atoms with E-state index in [0.29, 0.717) is 12.1 Å². The van der Waals surface area contributed by atoms with E-state index in [1.165, 1.54) is 38.8 Å². The van der Waals surface area contributed by atoms with Gasteiger partial charge in [-0.1, -0.05) is 13.3 Å². The van der Waals surface area contributed by atoms with Crippen LogP contribution in [0.25, 0.3) is 0 Å². The summed E-state index contributed by atoms with van der Waals surface area (Å²) >= 11 is 0. The van der Waals surface area contributed by atoms with Crippen molar-refractivity contribution in [1.29, 1.82) is 5.26 Å². The minimum absolute atomic E-state index is 0.260. The maximum absolute atomic E-state index is 9.49. The van der Waals surface area contributed by atoms with Gasteiger partial charge in [0.25, 0.3) is 0 Å². The number of likely N-dealkylation sites (tertiary alicyclic amines) is 1.